The molecule has 156 valence electrons. The van der Waals surface area contributed by atoms with Gasteiger partial charge in [0.1, 0.15) is 0 Å². The van der Waals surface area contributed by atoms with Gasteiger partial charge >= 0.3 is 0 Å². The van der Waals surface area contributed by atoms with Gasteiger partial charge in [0.25, 0.3) is 0 Å². The molecule has 1 aromatic carbocycles. The van der Waals surface area contributed by atoms with Crippen molar-refractivity contribution in [3.8, 4) is 0 Å². The zero-order valence-corrected chi connectivity index (χ0v) is 18.1. The van der Waals surface area contributed by atoms with Crippen LogP contribution in [0.25, 0.3) is 0 Å². The van der Waals surface area contributed by atoms with E-state index < -0.39 is 10.0 Å². The number of nitrogens with zero attached hydrogens (tertiary/aromatic N) is 3. The number of rotatable bonds is 8. The van der Waals surface area contributed by atoms with Crippen molar-refractivity contribution in [3.05, 3.63) is 54.4 Å². The average Bonchev–Trinajstić information content (AvgIpc) is 2.75. The first-order valence-electron chi connectivity index (χ1n) is 9.59. The number of thioether (sulfide) groups is 1. The highest BCUT2D eigenvalue weighted by atomic mass is 32.2. The van der Waals surface area contributed by atoms with E-state index in [1.165, 1.54) is 22.1 Å². The molecule has 0 unspecified atom stereocenters. The summed E-state index contributed by atoms with van der Waals surface area (Å²) in [5.74, 6) is 0.746. The van der Waals surface area contributed by atoms with Crippen LogP contribution in [-0.2, 0) is 20.6 Å². The predicted molar refractivity (Wildman–Crippen MR) is 116 cm³/mol. The Bertz CT molecular complexity index is 914. The Morgan fingerprint density at radius 2 is 1.93 bits per heavy atom. The standard InChI is InChI=1S/C20H26N4O3S2/c1-2-23-10-12-24(13-11-23)29(26,27)19-8-5-7-17(14-19)22-20(25)16-28-15-18-6-3-4-9-21-18/h3-9,14H,2,10-13,15-16H2,1H3,(H,22,25). The third-order valence-electron chi connectivity index (χ3n) is 4.74. The molecule has 0 spiro atoms. The fourth-order valence-corrected chi connectivity index (χ4v) is 5.31. The number of pyridine rings is 1. The van der Waals surface area contributed by atoms with Gasteiger partial charge in [0.15, 0.2) is 0 Å². The van der Waals surface area contributed by atoms with Crippen molar-refractivity contribution < 1.29 is 13.2 Å². The lowest BCUT2D eigenvalue weighted by Crippen LogP contribution is -2.48. The number of anilines is 1. The molecule has 9 heteroatoms. The first-order valence-corrected chi connectivity index (χ1v) is 12.2. The van der Waals surface area contributed by atoms with Crippen LogP contribution in [-0.4, -0.2) is 67.0 Å². The number of nitrogens with one attached hydrogen (secondary N) is 1. The van der Waals surface area contributed by atoms with Gasteiger partial charge in [-0.1, -0.05) is 19.1 Å². The molecule has 2 heterocycles. The van der Waals surface area contributed by atoms with Crippen molar-refractivity contribution in [3.63, 3.8) is 0 Å². The number of piperazine rings is 1. The van der Waals surface area contributed by atoms with Crippen molar-refractivity contribution in [2.75, 3.05) is 43.8 Å². The van der Waals surface area contributed by atoms with Gasteiger partial charge < -0.3 is 10.2 Å². The van der Waals surface area contributed by atoms with Crippen LogP contribution in [0.15, 0.2) is 53.6 Å². The van der Waals surface area contributed by atoms with E-state index in [1.807, 2.05) is 18.2 Å². The molecular formula is C20H26N4O3S2. The molecule has 1 aliphatic rings. The maximum absolute atomic E-state index is 12.9. The monoisotopic (exact) mass is 434 g/mol. The van der Waals surface area contributed by atoms with Gasteiger partial charge in [-0.15, -0.1) is 11.8 Å². The fourth-order valence-electron chi connectivity index (χ4n) is 3.10. The van der Waals surface area contributed by atoms with E-state index in [0.717, 1.165) is 25.3 Å². The molecular weight excluding hydrogens is 408 g/mol. The summed E-state index contributed by atoms with van der Waals surface area (Å²) >= 11 is 1.46. The van der Waals surface area contributed by atoms with E-state index in [2.05, 4.69) is 22.1 Å². The van der Waals surface area contributed by atoms with Crippen molar-refractivity contribution in [2.45, 2.75) is 17.6 Å². The quantitative estimate of drug-likeness (QED) is 0.686. The smallest absolute Gasteiger partial charge is 0.243 e. The highest BCUT2D eigenvalue weighted by molar-refractivity contribution is 7.99. The second-order valence-corrected chi connectivity index (χ2v) is 9.65. The van der Waals surface area contributed by atoms with Crippen LogP contribution < -0.4 is 5.32 Å². The average molecular weight is 435 g/mol. The van der Waals surface area contributed by atoms with Gasteiger partial charge in [-0.2, -0.15) is 4.31 Å². The van der Waals surface area contributed by atoms with Gasteiger partial charge in [0, 0.05) is 43.8 Å². The molecule has 1 aliphatic heterocycles. The summed E-state index contributed by atoms with van der Waals surface area (Å²) in [5, 5.41) is 2.79. The largest absolute Gasteiger partial charge is 0.325 e. The first-order chi connectivity index (χ1) is 14.0. The first kappa shape index (κ1) is 21.8. The zero-order valence-electron chi connectivity index (χ0n) is 16.5. The van der Waals surface area contributed by atoms with E-state index >= 15 is 0 Å². The lowest BCUT2D eigenvalue weighted by molar-refractivity contribution is -0.113. The van der Waals surface area contributed by atoms with Gasteiger partial charge in [0.05, 0.1) is 16.3 Å². The maximum Gasteiger partial charge on any atom is 0.243 e. The minimum Gasteiger partial charge on any atom is -0.325 e. The van der Waals surface area contributed by atoms with Gasteiger partial charge in [-0.25, -0.2) is 8.42 Å². The number of carbonyl (C=O) groups is 1. The van der Waals surface area contributed by atoms with Crippen LogP contribution in [0.1, 0.15) is 12.6 Å². The summed E-state index contributed by atoms with van der Waals surface area (Å²) in [5.41, 5.74) is 1.41. The molecule has 29 heavy (non-hydrogen) atoms. The lowest BCUT2D eigenvalue weighted by Gasteiger charge is -2.33. The molecule has 7 nitrogen and oxygen atoms in total. The van der Waals surface area contributed by atoms with Crippen LogP contribution in [0.3, 0.4) is 0 Å². The number of sulfonamides is 1. The summed E-state index contributed by atoms with van der Waals surface area (Å²) in [4.78, 5) is 18.9. The summed E-state index contributed by atoms with van der Waals surface area (Å²) in [6, 6.07) is 12.2. The number of amides is 1. The Morgan fingerprint density at radius 3 is 2.62 bits per heavy atom. The number of carbonyl (C=O) groups excluding carboxylic acids is 1. The Labute approximate surface area is 176 Å². The van der Waals surface area contributed by atoms with E-state index in [-0.39, 0.29) is 16.6 Å². The highest BCUT2D eigenvalue weighted by Gasteiger charge is 2.28. The SMILES string of the molecule is CCN1CCN(S(=O)(=O)c2cccc(NC(=O)CSCc3ccccn3)c2)CC1. The summed E-state index contributed by atoms with van der Waals surface area (Å²) in [6.45, 7) is 5.44. The molecule has 3 rings (SSSR count). The molecule has 1 amide bonds. The normalized spacial score (nSPS) is 15.9. The van der Waals surface area contributed by atoms with Gasteiger partial charge in [-0.05, 0) is 36.9 Å². The second kappa shape index (κ2) is 10.2. The van der Waals surface area contributed by atoms with Crippen LogP contribution >= 0.6 is 11.8 Å². The second-order valence-electron chi connectivity index (χ2n) is 6.73. The molecule has 0 aliphatic carbocycles. The molecule has 0 bridgehead atoms. The van der Waals surface area contributed by atoms with Crippen LogP contribution in [0.2, 0.25) is 0 Å². The van der Waals surface area contributed by atoms with Gasteiger partial charge in [0.2, 0.25) is 15.9 Å². The molecule has 0 saturated carbocycles. The Hall–Kier alpha value is -1.94. The Morgan fingerprint density at radius 1 is 1.14 bits per heavy atom. The van der Waals surface area contributed by atoms with Crippen LogP contribution in [0, 0.1) is 0 Å². The van der Waals surface area contributed by atoms with Crippen molar-refractivity contribution in [1.29, 1.82) is 0 Å². The van der Waals surface area contributed by atoms with Crippen LogP contribution in [0.4, 0.5) is 5.69 Å². The third kappa shape index (κ3) is 6.02. The van der Waals surface area contributed by atoms with E-state index in [0.29, 0.717) is 24.5 Å². The van der Waals surface area contributed by atoms with Crippen molar-refractivity contribution in [2.24, 2.45) is 0 Å². The molecule has 1 fully saturated rings. The number of benzene rings is 1. The minimum absolute atomic E-state index is 0.169. The molecule has 0 atom stereocenters. The number of hydrogen-bond acceptors (Lipinski definition) is 6. The Kier molecular flexibility index (Phi) is 7.65. The van der Waals surface area contributed by atoms with E-state index in [1.54, 1.807) is 24.4 Å². The van der Waals surface area contributed by atoms with Crippen molar-refractivity contribution >= 4 is 33.4 Å². The van der Waals surface area contributed by atoms with E-state index in [4.69, 9.17) is 0 Å². The Balaban J connectivity index is 1.56. The molecule has 1 aromatic heterocycles. The van der Waals surface area contributed by atoms with Gasteiger partial charge in [-0.3, -0.25) is 9.78 Å². The maximum atomic E-state index is 12.9. The zero-order chi connectivity index (χ0) is 20.7. The molecule has 1 saturated heterocycles. The number of aromatic nitrogens is 1. The summed E-state index contributed by atoms with van der Waals surface area (Å²) in [6.07, 6.45) is 1.73. The van der Waals surface area contributed by atoms with E-state index in [9.17, 15) is 13.2 Å². The molecule has 0 radical (unpaired) electrons. The summed E-state index contributed by atoms with van der Waals surface area (Å²) < 4.78 is 27.4. The summed E-state index contributed by atoms with van der Waals surface area (Å²) in [7, 11) is -3.56. The predicted octanol–water partition coefficient (Wildman–Crippen LogP) is 2.28. The van der Waals surface area contributed by atoms with Crippen LogP contribution in [0.5, 0.6) is 0 Å². The number of likely N-dealkylation sites (N-methyl/N-ethyl adjacent to an activating group) is 1. The lowest BCUT2D eigenvalue weighted by atomic mass is 10.3. The topological polar surface area (TPSA) is 82.6 Å². The van der Waals surface area contributed by atoms with Crippen molar-refractivity contribution in [1.82, 2.24) is 14.2 Å². The fraction of sp³-hybridized carbons (Fsp3) is 0.400. The number of hydrogen-bond donors (Lipinski definition) is 1. The minimum atomic E-state index is -3.56. The molecule has 2 aromatic rings. The third-order valence-corrected chi connectivity index (χ3v) is 7.60. The molecule has 1 N–H and O–H groups in total. The highest BCUT2D eigenvalue weighted by Crippen LogP contribution is 2.21.